The van der Waals surface area contributed by atoms with Gasteiger partial charge in [-0.05, 0) is 81.0 Å². The average molecular weight is 487 g/mol. The van der Waals surface area contributed by atoms with E-state index in [4.69, 9.17) is 19.4 Å². The minimum absolute atomic E-state index is 0.249. The third-order valence-electron chi connectivity index (χ3n) is 6.78. The molecule has 1 N–H and O–H groups in total. The number of aromatic nitrogens is 4. The van der Waals surface area contributed by atoms with Gasteiger partial charge in [0, 0.05) is 24.3 Å². The molecule has 9 heteroatoms. The molecule has 2 aliphatic heterocycles. The summed E-state index contributed by atoms with van der Waals surface area (Å²) < 4.78 is 26.7. The molecule has 1 saturated heterocycles. The third-order valence-corrected chi connectivity index (χ3v) is 6.78. The van der Waals surface area contributed by atoms with Crippen molar-refractivity contribution in [3.8, 4) is 34.1 Å². The Bertz CT molecular complexity index is 1370. The van der Waals surface area contributed by atoms with Gasteiger partial charge in [-0.2, -0.15) is 0 Å². The number of benzene rings is 2. The van der Waals surface area contributed by atoms with E-state index in [0.29, 0.717) is 18.5 Å². The van der Waals surface area contributed by atoms with Crippen molar-refractivity contribution >= 4 is 5.95 Å². The van der Waals surface area contributed by atoms with Crippen LogP contribution in [0.4, 0.5) is 10.3 Å². The molecule has 0 spiro atoms. The van der Waals surface area contributed by atoms with E-state index in [1.165, 1.54) is 12.1 Å². The Morgan fingerprint density at radius 1 is 1.00 bits per heavy atom. The summed E-state index contributed by atoms with van der Waals surface area (Å²) in [5.74, 6) is 1.75. The minimum Gasteiger partial charge on any atom is -0.454 e. The Balaban J connectivity index is 1.32. The van der Waals surface area contributed by atoms with E-state index in [0.717, 1.165) is 65.6 Å². The summed E-state index contributed by atoms with van der Waals surface area (Å²) in [6.07, 6.45) is 5.71. The number of piperidine rings is 1. The second-order valence-corrected chi connectivity index (χ2v) is 9.20. The van der Waals surface area contributed by atoms with Crippen LogP contribution in [0, 0.1) is 5.82 Å². The smallest absolute Gasteiger partial charge is 0.231 e. The van der Waals surface area contributed by atoms with E-state index in [9.17, 15) is 4.39 Å². The van der Waals surface area contributed by atoms with Gasteiger partial charge < -0.3 is 24.3 Å². The number of ether oxygens (including phenoxy) is 2. The zero-order valence-corrected chi connectivity index (χ0v) is 20.0. The van der Waals surface area contributed by atoms with Gasteiger partial charge in [-0.3, -0.25) is 0 Å². The molecule has 4 heterocycles. The molecule has 0 aliphatic carbocycles. The topological polar surface area (TPSA) is 77.3 Å². The van der Waals surface area contributed by atoms with Crippen molar-refractivity contribution in [1.29, 1.82) is 0 Å². The summed E-state index contributed by atoms with van der Waals surface area (Å²) in [7, 11) is 2.15. The Morgan fingerprint density at radius 3 is 2.64 bits per heavy atom. The molecule has 36 heavy (non-hydrogen) atoms. The molecule has 6 rings (SSSR count). The molecule has 0 unspecified atom stereocenters. The quantitative estimate of drug-likeness (QED) is 0.421. The SMILES string of the molecule is CN1CCC(n2cnc(-c3ccc(F)cc3)c2-c2ccnc(NCc3ccc4c(c3)OCO4)n2)CC1. The van der Waals surface area contributed by atoms with Crippen LogP contribution in [-0.2, 0) is 6.54 Å². The number of nitrogens with zero attached hydrogens (tertiary/aromatic N) is 5. The maximum atomic E-state index is 13.6. The van der Waals surface area contributed by atoms with Crippen molar-refractivity contribution in [3.05, 3.63) is 72.4 Å². The lowest BCUT2D eigenvalue weighted by molar-refractivity contribution is 0.174. The number of likely N-dealkylation sites (tertiary alicyclic amines) is 1. The molecular weight excluding hydrogens is 459 g/mol. The molecule has 0 radical (unpaired) electrons. The molecule has 0 saturated carbocycles. The van der Waals surface area contributed by atoms with Crippen LogP contribution in [0.25, 0.3) is 22.6 Å². The standard InChI is InChI=1S/C27H27FN6O2/c1-33-12-9-21(10-13-33)34-16-31-25(19-3-5-20(28)6-4-19)26(34)22-8-11-29-27(32-22)30-15-18-2-7-23-24(14-18)36-17-35-23/h2-8,11,14,16,21H,9-10,12-13,15,17H2,1H3,(H,29,30,32). The van der Waals surface area contributed by atoms with Gasteiger partial charge in [0.2, 0.25) is 12.7 Å². The summed E-state index contributed by atoms with van der Waals surface area (Å²) in [4.78, 5) is 16.4. The molecule has 184 valence electrons. The fraction of sp³-hybridized carbons (Fsp3) is 0.296. The van der Waals surface area contributed by atoms with Crippen LogP contribution in [-0.4, -0.2) is 51.3 Å². The van der Waals surface area contributed by atoms with E-state index in [2.05, 4.69) is 26.8 Å². The van der Waals surface area contributed by atoms with Crippen LogP contribution in [0.1, 0.15) is 24.4 Å². The number of fused-ring (bicyclic) bond motifs is 1. The maximum absolute atomic E-state index is 13.6. The van der Waals surface area contributed by atoms with Crippen LogP contribution in [0.2, 0.25) is 0 Å². The molecule has 0 bridgehead atoms. The van der Waals surface area contributed by atoms with Crippen LogP contribution in [0.5, 0.6) is 11.5 Å². The van der Waals surface area contributed by atoms with Crippen molar-refractivity contribution in [2.24, 2.45) is 0 Å². The molecule has 4 aromatic rings. The monoisotopic (exact) mass is 486 g/mol. The third kappa shape index (κ3) is 4.49. The first kappa shape index (κ1) is 22.5. The highest BCUT2D eigenvalue weighted by molar-refractivity contribution is 5.77. The zero-order valence-electron chi connectivity index (χ0n) is 20.0. The molecule has 0 atom stereocenters. The second kappa shape index (κ2) is 9.58. The van der Waals surface area contributed by atoms with Gasteiger partial charge in [0.15, 0.2) is 11.5 Å². The lowest BCUT2D eigenvalue weighted by Gasteiger charge is -2.30. The first-order valence-corrected chi connectivity index (χ1v) is 12.1. The Labute approximate surface area is 208 Å². The van der Waals surface area contributed by atoms with Gasteiger partial charge in [0.25, 0.3) is 0 Å². The van der Waals surface area contributed by atoms with Crippen molar-refractivity contribution in [3.63, 3.8) is 0 Å². The number of hydrogen-bond donors (Lipinski definition) is 1. The summed E-state index contributed by atoms with van der Waals surface area (Å²) in [6.45, 7) is 2.85. The van der Waals surface area contributed by atoms with Crippen molar-refractivity contribution in [2.75, 3.05) is 32.2 Å². The molecule has 1 fully saturated rings. The summed E-state index contributed by atoms with van der Waals surface area (Å²) in [6, 6.07) is 14.5. The van der Waals surface area contributed by atoms with Crippen molar-refractivity contribution < 1.29 is 13.9 Å². The zero-order chi connectivity index (χ0) is 24.5. The van der Waals surface area contributed by atoms with E-state index >= 15 is 0 Å². The van der Waals surface area contributed by atoms with E-state index in [-0.39, 0.29) is 12.6 Å². The first-order chi connectivity index (χ1) is 17.6. The van der Waals surface area contributed by atoms with Crippen molar-refractivity contribution in [1.82, 2.24) is 24.4 Å². The molecule has 0 amide bonds. The predicted molar refractivity (Wildman–Crippen MR) is 134 cm³/mol. The van der Waals surface area contributed by atoms with Crippen LogP contribution in [0.15, 0.2) is 61.1 Å². The molecule has 8 nitrogen and oxygen atoms in total. The van der Waals surface area contributed by atoms with Crippen molar-refractivity contribution in [2.45, 2.75) is 25.4 Å². The summed E-state index contributed by atoms with van der Waals surface area (Å²) in [5, 5.41) is 3.32. The Kier molecular flexibility index (Phi) is 5.98. The number of imidazole rings is 1. The number of hydrogen-bond acceptors (Lipinski definition) is 7. The van der Waals surface area contributed by atoms with Crippen LogP contribution < -0.4 is 14.8 Å². The molecule has 2 aliphatic rings. The van der Waals surface area contributed by atoms with Gasteiger partial charge in [-0.25, -0.2) is 19.3 Å². The fourth-order valence-corrected chi connectivity index (χ4v) is 4.79. The van der Waals surface area contributed by atoms with Crippen LogP contribution >= 0.6 is 0 Å². The van der Waals surface area contributed by atoms with Gasteiger partial charge in [-0.15, -0.1) is 0 Å². The molecule has 2 aromatic heterocycles. The summed E-state index contributed by atoms with van der Waals surface area (Å²) >= 11 is 0. The molecular formula is C27H27FN6O2. The highest BCUT2D eigenvalue weighted by atomic mass is 19.1. The lowest BCUT2D eigenvalue weighted by Crippen LogP contribution is -2.31. The van der Waals surface area contributed by atoms with Gasteiger partial charge in [-0.1, -0.05) is 6.07 Å². The number of rotatable bonds is 6. The normalized spacial score (nSPS) is 15.8. The average Bonchev–Trinajstić information content (AvgIpc) is 3.56. The number of nitrogens with one attached hydrogen (secondary N) is 1. The lowest BCUT2D eigenvalue weighted by atomic mass is 10.0. The van der Waals surface area contributed by atoms with E-state index < -0.39 is 0 Å². The van der Waals surface area contributed by atoms with Crippen LogP contribution in [0.3, 0.4) is 0 Å². The number of halogens is 1. The van der Waals surface area contributed by atoms with Gasteiger partial charge in [0.05, 0.1) is 23.4 Å². The van der Waals surface area contributed by atoms with Gasteiger partial charge in [0.1, 0.15) is 5.82 Å². The van der Waals surface area contributed by atoms with E-state index in [1.54, 1.807) is 18.3 Å². The summed E-state index contributed by atoms with van der Waals surface area (Å²) in [5.41, 5.74) is 4.37. The fourth-order valence-electron chi connectivity index (χ4n) is 4.79. The maximum Gasteiger partial charge on any atom is 0.231 e. The largest absolute Gasteiger partial charge is 0.454 e. The minimum atomic E-state index is -0.271. The second-order valence-electron chi connectivity index (χ2n) is 9.20. The highest BCUT2D eigenvalue weighted by Gasteiger charge is 2.25. The molecule has 2 aromatic carbocycles. The highest BCUT2D eigenvalue weighted by Crippen LogP contribution is 2.36. The van der Waals surface area contributed by atoms with E-state index in [1.807, 2.05) is 30.6 Å². The predicted octanol–water partition coefficient (Wildman–Crippen LogP) is 4.75. The number of anilines is 1. The Morgan fingerprint density at radius 2 is 1.81 bits per heavy atom. The first-order valence-electron chi connectivity index (χ1n) is 12.1. The van der Waals surface area contributed by atoms with Gasteiger partial charge >= 0.3 is 0 Å². The Hall–Kier alpha value is -3.98.